The summed E-state index contributed by atoms with van der Waals surface area (Å²) in [5.74, 6) is 0.869. The molecule has 0 radical (unpaired) electrons. The minimum atomic E-state index is 0.715. The highest BCUT2D eigenvalue weighted by atomic mass is 127. The maximum Gasteiger partial charge on any atom is 0.127 e. The fourth-order valence-corrected chi connectivity index (χ4v) is 2.51. The molecule has 1 heterocycles. The Balaban J connectivity index is 2.14. The summed E-state index contributed by atoms with van der Waals surface area (Å²) in [4.78, 5) is 4.27. The van der Waals surface area contributed by atoms with Crippen LogP contribution in [-0.4, -0.2) is 11.5 Å². The van der Waals surface area contributed by atoms with E-state index in [0.717, 1.165) is 33.7 Å². The molecule has 100 valence electrons. The zero-order valence-electron chi connectivity index (χ0n) is 10.6. The summed E-state index contributed by atoms with van der Waals surface area (Å²) in [5, 5.41) is 7.27. The number of nitrogens with one attached hydrogen (secondary N) is 2. The van der Waals surface area contributed by atoms with Gasteiger partial charge in [0.05, 0.1) is 10.7 Å². The van der Waals surface area contributed by atoms with Gasteiger partial charge in [-0.15, -0.1) is 0 Å². The van der Waals surface area contributed by atoms with Crippen LogP contribution in [0.5, 0.6) is 0 Å². The highest BCUT2D eigenvalue weighted by Gasteiger charge is 2.02. The van der Waals surface area contributed by atoms with Gasteiger partial charge in [0.1, 0.15) is 5.82 Å². The van der Waals surface area contributed by atoms with Crippen LogP contribution in [0.1, 0.15) is 13.3 Å². The lowest BCUT2D eigenvalue weighted by molar-refractivity contribution is 0.969. The zero-order chi connectivity index (χ0) is 13.7. The number of anilines is 3. The van der Waals surface area contributed by atoms with E-state index in [1.165, 1.54) is 0 Å². The van der Waals surface area contributed by atoms with Crippen molar-refractivity contribution in [3.8, 4) is 0 Å². The van der Waals surface area contributed by atoms with Gasteiger partial charge in [-0.3, -0.25) is 0 Å². The van der Waals surface area contributed by atoms with Crippen molar-refractivity contribution in [2.75, 3.05) is 17.2 Å². The molecule has 19 heavy (non-hydrogen) atoms. The first-order chi connectivity index (χ1) is 9.19. The third-order valence-corrected chi connectivity index (χ3v) is 3.51. The number of hydrogen-bond acceptors (Lipinski definition) is 3. The number of hydrogen-bond donors (Lipinski definition) is 2. The molecule has 1 aromatic heterocycles. The first kappa shape index (κ1) is 14.4. The van der Waals surface area contributed by atoms with Crippen molar-refractivity contribution in [1.82, 2.24) is 4.98 Å². The quantitative estimate of drug-likeness (QED) is 0.716. The second-order valence-corrected chi connectivity index (χ2v) is 5.76. The van der Waals surface area contributed by atoms with Crippen LogP contribution in [-0.2, 0) is 0 Å². The van der Waals surface area contributed by atoms with Crippen LogP contribution in [0, 0.1) is 3.57 Å². The fourth-order valence-electron chi connectivity index (χ4n) is 1.60. The van der Waals surface area contributed by atoms with E-state index < -0.39 is 0 Å². The molecule has 0 spiro atoms. The van der Waals surface area contributed by atoms with Gasteiger partial charge in [0.2, 0.25) is 0 Å². The summed E-state index contributed by atoms with van der Waals surface area (Å²) < 4.78 is 1.12. The molecule has 0 saturated carbocycles. The van der Waals surface area contributed by atoms with Crippen LogP contribution in [0.3, 0.4) is 0 Å². The summed E-state index contributed by atoms with van der Waals surface area (Å²) in [6.45, 7) is 3.04. The van der Waals surface area contributed by atoms with Gasteiger partial charge >= 0.3 is 0 Å². The average molecular weight is 388 g/mol. The molecule has 2 N–H and O–H groups in total. The van der Waals surface area contributed by atoms with Crippen LogP contribution in [0.2, 0.25) is 5.02 Å². The first-order valence-corrected chi connectivity index (χ1v) is 7.56. The van der Waals surface area contributed by atoms with Crippen LogP contribution in [0.15, 0.2) is 36.5 Å². The Morgan fingerprint density at radius 2 is 2.11 bits per heavy atom. The second-order valence-electron chi connectivity index (χ2n) is 4.11. The summed E-state index contributed by atoms with van der Waals surface area (Å²) in [6, 6.07) is 9.83. The lowest BCUT2D eigenvalue weighted by Gasteiger charge is -2.10. The summed E-state index contributed by atoms with van der Waals surface area (Å²) >= 11 is 8.45. The van der Waals surface area contributed by atoms with Gasteiger partial charge in [-0.2, -0.15) is 0 Å². The number of rotatable bonds is 5. The Kier molecular flexibility index (Phi) is 5.27. The fraction of sp³-hybridized carbons (Fsp3) is 0.214. The average Bonchev–Trinajstić information content (AvgIpc) is 2.40. The summed E-state index contributed by atoms with van der Waals surface area (Å²) in [6.07, 6.45) is 2.85. The highest BCUT2D eigenvalue weighted by Crippen LogP contribution is 2.27. The zero-order valence-corrected chi connectivity index (χ0v) is 13.5. The van der Waals surface area contributed by atoms with Gasteiger partial charge in [0, 0.05) is 28.1 Å². The molecule has 0 aliphatic heterocycles. The predicted octanol–water partition coefficient (Wildman–Crippen LogP) is 4.91. The maximum atomic E-state index is 6.20. The van der Waals surface area contributed by atoms with E-state index in [2.05, 4.69) is 45.1 Å². The second kappa shape index (κ2) is 6.96. The largest absolute Gasteiger partial charge is 0.370 e. The molecular formula is C14H15ClIN3. The molecule has 3 nitrogen and oxygen atoms in total. The molecule has 0 aliphatic rings. The van der Waals surface area contributed by atoms with E-state index in [0.29, 0.717) is 5.02 Å². The Labute approximate surface area is 131 Å². The van der Waals surface area contributed by atoms with E-state index in [4.69, 9.17) is 11.6 Å². The van der Waals surface area contributed by atoms with E-state index >= 15 is 0 Å². The van der Waals surface area contributed by atoms with Gasteiger partial charge in [0.25, 0.3) is 0 Å². The number of nitrogens with zero attached hydrogens (tertiary/aromatic N) is 1. The Morgan fingerprint density at radius 3 is 2.84 bits per heavy atom. The van der Waals surface area contributed by atoms with Crippen molar-refractivity contribution < 1.29 is 0 Å². The standard InChI is InChI=1S/C14H15ClIN3/c1-2-6-17-14-9-11(5-7-18-14)19-13-4-3-10(16)8-12(13)15/h3-5,7-9H,2,6H2,1H3,(H2,17,18,19). The highest BCUT2D eigenvalue weighted by molar-refractivity contribution is 14.1. The molecule has 0 unspecified atom stereocenters. The van der Waals surface area contributed by atoms with Crippen molar-refractivity contribution in [2.45, 2.75) is 13.3 Å². The summed E-state index contributed by atoms with van der Waals surface area (Å²) in [7, 11) is 0. The SMILES string of the molecule is CCCNc1cc(Nc2ccc(I)cc2Cl)ccn1. The first-order valence-electron chi connectivity index (χ1n) is 6.11. The Bertz CT molecular complexity index is 560. The third kappa shape index (κ3) is 4.24. The molecule has 0 amide bonds. The van der Waals surface area contributed by atoms with Crippen LogP contribution < -0.4 is 10.6 Å². The number of benzene rings is 1. The predicted molar refractivity (Wildman–Crippen MR) is 90.5 cm³/mol. The lowest BCUT2D eigenvalue weighted by atomic mass is 10.3. The van der Waals surface area contributed by atoms with Crippen molar-refractivity contribution in [3.63, 3.8) is 0 Å². The Hall–Kier alpha value is -1.01. The van der Waals surface area contributed by atoms with E-state index in [1.54, 1.807) is 6.20 Å². The third-order valence-electron chi connectivity index (χ3n) is 2.53. The molecule has 2 rings (SSSR count). The summed E-state index contributed by atoms with van der Waals surface area (Å²) in [5.41, 5.74) is 1.87. The van der Waals surface area contributed by atoms with Gasteiger partial charge in [-0.1, -0.05) is 18.5 Å². The molecule has 2 aromatic rings. The van der Waals surface area contributed by atoms with Crippen molar-refractivity contribution in [1.29, 1.82) is 0 Å². The lowest BCUT2D eigenvalue weighted by Crippen LogP contribution is -2.02. The molecule has 0 bridgehead atoms. The van der Waals surface area contributed by atoms with Crippen LogP contribution >= 0.6 is 34.2 Å². The van der Waals surface area contributed by atoms with Crippen LogP contribution in [0.4, 0.5) is 17.2 Å². The van der Waals surface area contributed by atoms with Gasteiger partial charge in [0.15, 0.2) is 0 Å². The maximum absolute atomic E-state index is 6.20. The smallest absolute Gasteiger partial charge is 0.127 e. The number of halogens is 2. The van der Waals surface area contributed by atoms with Crippen molar-refractivity contribution in [2.24, 2.45) is 0 Å². The molecule has 0 saturated heterocycles. The van der Waals surface area contributed by atoms with Crippen molar-refractivity contribution >= 4 is 51.4 Å². The topological polar surface area (TPSA) is 37.0 Å². The van der Waals surface area contributed by atoms with Gasteiger partial charge in [-0.05, 0) is 53.3 Å². The molecular weight excluding hydrogens is 373 g/mol. The molecule has 1 aromatic carbocycles. The van der Waals surface area contributed by atoms with E-state index in [-0.39, 0.29) is 0 Å². The molecule has 0 fully saturated rings. The molecule has 0 aliphatic carbocycles. The monoisotopic (exact) mass is 387 g/mol. The number of aromatic nitrogens is 1. The molecule has 0 atom stereocenters. The van der Waals surface area contributed by atoms with E-state index in [9.17, 15) is 0 Å². The van der Waals surface area contributed by atoms with Gasteiger partial charge in [-0.25, -0.2) is 4.98 Å². The van der Waals surface area contributed by atoms with Gasteiger partial charge < -0.3 is 10.6 Å². The Morgan fingerprint density at radius 1 is 1.26 bits per heavy atom. The van der Waals surface area contributed by atoms with Crippen LogP contribution in [0.25, 0.3) is 0 Å². The minimum absolute atomic E-state index is 0.715. The van der Waals surface area contributed by atoms with E-state index in [1.807, 2.05) is 30.3 Å². The van der Waals surface area contributed by atoms with Crippen molar-refractivity contribution in [3.05, 3.63) is 45.1 Å². The minimum Gasteiger partial charge on any atom is -0.370 e. The molecule has 5 heteroatoms. The normalized spacial score (nSPS) is 10.3. The number of pyridine rings is 1.